The van der Waals surface area contributed by atoms with Gasteiger partial charge in [0, 0.05) is 22.8 Å². The Hall–Kier alpha value is -3.91. The number of hydrogen-bond acceptors (Lipinski definition) is 2. The minimum absolute atomic E-state index is 0.789. The summed E-state index contributed by atoms with van der Waals surface area (Å²) in [5.74, 6) is 0. The van der Waals surface area contributed by atoms with Gasteiger partial charge in [-0.05, 0) is 53.9 Å². The quantitative estimate of drug-likeness (QED) is 0.286. The van der Waals surface area contributed by atoms with Crippen molar-refractivity contribution in [1.29, 1.82) is 0 Å². The monoisotopic (exact) mass is 402 g/mol. The number of anilines is 3. The van der Waals surface area contributed by atoms with Crippen LogP contribution in [0, 0.1) is 0 Å². The molecule has 0 N–H and O–H groups in total. The van der Waals surface area contributed by atoms with Crippen molar-refractivity contribution in [2.45, 2.75) is 13.3 Å². The van der Waals surface area contributed by atoms with Gasteiger partial charge in [-0.1, -0.05) is 92.4 Å². The van der Waals surface area contributed by atoms with Crippen LogP contribution in [0.2, 0.25) is 0 Å². The molecule has 0 aliphatic carbocycles. The van der Waals surface area contributed by atoms with Crippen molar-refractivity contribution in [3.63, 3.8) is 0 Å². The highest BCUT2D eigenvalue weighted by atomic mass is 15.1. The van der Waals surface area contributed by atoms with Gasteiger partial charge in [-0.2, -0.15) is 0 Å². The maximum absolute atomic E-state index is 4.83. The Kier molecular flexibility index (Phi) is 6.39. The summed E-state index contributed by atoms with van der Waals surface area (Å²) in [6.07, 6.45) is 0.840. The fourth-order valence-corrected chi connectivity index (χ4v) is 3.61. The SMILES string of the molecule is C=C(N=C(CC)c1ccc(N(c2ccccc2)c2ccccc2)cc1)c1ccccc1. The zero-order valence-corrected chi connectivity index (χ0v) is 17.8. The summed E-state index contributed by atoms with van der Waals surface area (Å²) in [7, 11) is 0. The third kappa shape index (κ3) is 4.81. The van der Waals surface area contributed by atoms with Crippen molar-refractivity contribution < 1.29 is 0 Å². The maximum Gasteiger partial charge on any atom is 0.0633 e. The van der Waals surface area contributed by atoms with Gasteiger partial charge in [0.2, 0.25) is 0 Å². The Morgan fingerprint density at radius 1 is 0.613 bits per heavy atom. The van der Waals surface area contributed by atoms with Gasteiger partial charge < -0.3 is 4.90 Å². The second-order valence-corrected chi connectivity index (χ2v) is 7.28. The van der Waals surface area contributed by atoms with Gasteiger partial charge in [0.15, 0.2) is 0 Å². The molecule has 4 aromatic carbocycles. The summed E-state index contributed by atoms with van der Waals surface area (Å²) < 4.78 is 0. The standard InChI is InChI=1S/C29H26N2/c1-3-29(30-23(2)24-13-7-4-8-14-24)25-19-21-28(22-20-25)31(26-15-9-5-10-16-26)27-17-11-6-12-18-27/h4-22H,2-3H2,1H3. The molecule has 0 radical (unpaired) electrons. The molecule has 0 fully saturated rings. The van der Waals surface area contributed by atoms with Gasteiger partial charge in [0.25, 0.3) is 0 Å². The van der Waals surface area contributed by atoms with E-state index in [1.807, 2.05) is 42.5 Å². The number of hydrogen-bond donors (Lipinski definition) is 0. The van der Waals surface area contributed by atoms with Crippen LogP contribution in [-0.4, -0.2) is 5.71 Å². The first kappa shape index (κ1) is 20.4. The first-order valence-electron chi connectivity index (χ1n) is 10.6. The van der Waals surface area contributed by atoms with E-state index in [9.17, 15) is 0 Å². The molecule has 0 aromatic heterocycles. The first-order chi connectivity index (χ1) is 15.3. The molecule has 0 spiro atoms. The second-order valence-electron chi connectivity index (χ2n) is 7.28. The lowest BCUT2D eigenvalue weighted by molar-refractivity contribution is 1.25. The summed E-state index contributed by atoms with van der Waals surface area (Å²) in [5, 5.41) is 0. The molecule has 0 aliphatic heterocycles. The van der Waals surface area contributed by atoms with Crippen molar-refractivity contribution in [3.05, 3.63) is 133 Å². The smallest absolute Gasteiger partial charge is 0.0633 e. The molecule has 0 saturated carbocycles. The molecule has 4 aromatic rings. The minimum atomic E-state index is 0.789. The molecule has 0 unspecified atom stereocenters. The number of benzene rings is 4. The van der Waals surface area contributed by atoms with Gasteiger partial charge in [-0.15, -0.1) is 0 Å². The van der Waals surface area contributed by atoms with E-state index >= 15 is 0 Å². The van der Waals surface area contributed by atoms with Crippen LogP contribution in [0.3, 0.4) is 0 Å². The highest BCUT2D eigenvalue weighted by Crippen LogP contribution is 2.34. The molecular formula is C29H26N2. The third-order valence-corrected chi connectivity index (χ3v) is 5.20. The van der Waals surface area contributed by atoms with E-state index in [-0.39, 0.29) is 0 Å². The molecule has 2 nitrogen and oxygen atoms in total. The van der Waals surface area contributed by atoms with E-state index in [4.69, 9.17) is 4.99 Å². The van der Waals surface area contributed by atoms with E-state index in [0.29, 0.717) is 0 Å². The zero-order valence-electron chi connectivity index (χ0n) is 17.8. The average molecular weight is 403 g/mol. The molecule has 0 bridgehead atoms. The van der Waals surface area contributed by atoms with Gasteiger partial charge in [-0.3, -0.25) is 4.99 Å². The molecular weight excluding hydrogens is 376 g/mol. The summed E-state index contributed by atoms with van der Waals surface area (Å²) in [4.78, 5) is 7.09. The van der Waals surface area contributed by atoms with E-state index in [0.717, 1.165) is 46.0 Å². The number of aliphatic imine (C=N–C) groups is 1. The fraction of sp³-hybridized carbons (Fsp3) is 0.0690. The second kappa shape index (κ2) is 9.73. The Balaban J connectivity index is 1.67. The lowest BCUT2D eigenvalue weighted by Gasteiger charge is -2.25. The summed E-state index contributed by atoms with van der Waals surface area (Å²) in [6, 6.07) is 39.6. The molecule has 4 rings (SSSR count). The highest BCUT2D eigenvalue weighted by Gasteiger charge is 2.12. The Bertz CT molecular complexity index is 1110. The van der Waals surface area contributed by atoms with Crippen LogP contribution in [0.5, 0.6) is 0 Å². The van der Waals surface area contributed by atoms with E-state index in [1.165, 1.54) is 0 Å². The van der Waals surface area contributed by atoms with Crippen LogP contribution in [-0.2, 0) is 0 Å². The first-order valence-corrected chi connectivity index (χ1v) is 10.6. The maximum atomic E-state index is 4.83. The van der Waals surface area contributed by atoms with Gasteiger partial charge in [0.05, 0.1) is 5.70 Å². The Morgan fingerprint density at radius 2 is 1.06 bits per heavy atom. The molecule has 0 aliphatic rings. The summed E-state index contributed by atoms with van der Waals surface area (Å²) in [5.41, 5.74) is 7.35. The normalized spacial score (nSPS) is 11.2. The molecule has 0 atom stereocenters. The zero-order chi connectivity index (χ0) is 21.5. The molecule has 152 valence electrons. The largest absolute Gasteiger partial charge is 0.311 e. The van der Waals surface area contributed by atoms with Crippen molar-refractivity contribution in [2.75, 3.05) is 4.90 Å². The lowest BCUT2D eigenvalue weighted by Crippen LogP contribution is -2.10. The van der Waals surface area contributed by atoms with Crippen LogP contribution in [0.1, 0.15) is 24.5 Å². The van der Waals surface area contributed by atoms with E-state index in [2.05, 4.69) is 91.2 Å². The van der Waals surface area contributed by atoms with Crippen LogP contribution >= 0.6 is 0 Å². The van der Waals surface area contributed by atoms with Crippen LogP contribution in [0.25, 0.3) is 5.70 Å². The average Bonchev–Trinajstić information content (AvgIpc) is 2.85. The lowest BCUT2D eigenvalue weighted by atomic mass is 10.1. The summed E-state index contributed by atoms with van der Waals surface area (Å²) >= 11 is 0. The highest BCUT2D eigenvalue weighted by molar-refractivity contribution is 6.03. The number of nitrogens with zero attached hydrogens (tertiary/aromatic N) is 2. The van der Waals surface area contributed by atoms with Gasteiger partial charge >= 0.3 is 0 Å². The Labute approximate surface area is 184 Å². The topological polar surface area (TPSA) is 15.6 Å². The van der Waals surface area contributed by atoms with E-state index < -0.39 is 0 Å². The summed E-state index contributed by atoms with van der Waals surface area (Å²) in [6.45, 7) is 6.30. The van der Waals surface area contributed by atoms with Crippen LogP contribution in [0.4, 0.5) is 17.1 Å². The molecule has 31 heavy (non-hydrogen) atoms. The molecule has 0 amide bonds. The van der Waals surface area contributed by atoms with Crippen molar-refractivity contribution >= 4 is 28.5 Å². The molecule has 2 heteroatoms. The van der Waals surface area contributed by atoms with Gasteiger partial charge in [0.1, 0.15) is 0 Å². The fourth-order valence-electron chi connectivity index (χ4n) is 3.61. The molecule has 0 heterocycles. The van der Waals surface area contributed by atoms with Crippen molar-refractivity contribution in [3.8, 4) is 0 Å². The van der Waals surface area contributed by atoms with Crippen LogP contribution in [0.15, 0.2) is 127 Å². The molecule has 0 saturated heterocycles. The minimum Gasteiger partial charge on any atom is -0.311 e. The van der Waals surface area contributed by atoms with Crippen LogP contribution < -0.4 is 4.90 Å². The predicted octanol–water partition coefficient (Wildman–Crippen LogP) is 8.03. The van der Waals surface area contributed by atoms with Crippen molar-refractivity contribution in [1.82, 2.24) is 0 Å². The third-order valence-electron chi connectivity index (χ3n) is 5.20. The number of para-hydroxylation sites is 2. The van der Waals surface area contributed by atoms with Crippen molar-refractivity contribution in [2.24, 2.45) is 4.99 Å². The Morgan fingerprint density at radius 3 is 1.55 bits per heavy atom. The van der Waals surface area contributed by atoms with Gasteiger partial charge in [-0.25, -0.2) is 0 Å². The number of rotatable bonds is 7. The predicted molar refractivity (Wildman–Crippen MR) is 133 cm³/mol. The van der Waals surface area contributed by atoms with E-state index in [1.54, 1.807) is 0 Å².